The molecule has 0 radical (unpaired) electrons. The Morgan fingerprint density at radius 1 is 0.804 bits per heavy atom. The van der Waals surface area contributed by atoms with Crippen molar-refractivity contribution in [3.8, 4) is 22.4 Å². The van der Waals surface area contributed by atoms with Gasteiger partial charge in [0.1, 0.15) is 5.82 Å². The van der Waals surface area contributed by atoms with Gasteiger partial charge in [-0.2, -0.15) is 0 Å². The number of carboxylic acid groups (broad SMARTS) is 1. The third kappa shape index (κ3) is 11.3. The molecule has 8 nitrogen and oxygen atoms in total. The van der Waals surface area contributed by atoms with E-state index in [1.807, 2.05) is 79.1 Å². The molecule has 0 saturated heterocycles. The summed E-state index contributed by atoms with van der Waals surface area (Å²) in [5, 5.41) is 40.8. The Hall–Kier alpha value is -3.05. The van der Waals surface area contributed by atoms with Crippen LogP contribution in [0.3, 0.4) is 0 Å². The van der Waals surface area contributed by atoms with E-state index in [-0.39, 0.29) is 80.9 Å². The number of halogens is 1. The average Bonchev–Trinajstić information content (AvgIpc) is 3.32. The number of nitrogens with zero attached hydrogens (tertiary/aromatic N) is 1. The van der Waals surface area contributed by atoms with Gasteiger partial charge in [0.15, 0.2) is 0 Å². The van der Waals surface area contributed by atoms with E-state index >= 15 is 0 Å². The molecule has 4 rings (SSSR count). The smallest absolute Gasteiger partial charge is 0.481 e. The largest absolute Gasteiger partial charge is 2.00 e. The Morgan fingerprint density at radius 2 is 1.35 bits per heavy atom. The van der Waals surface area contributed by atoms with Crippen LogP contribution in [0.1, 0.15) is 68.9 Å². The van der Waals surface area contributed by atoms with Crippen molar-refractivity contribution in [3.05, 3.63) is 102 Å². The van der Waals surface area contributed by atoms with Crippen LogP contribution in [0.25, 0.3) is 22.4 Å². The molecule has 0 aliphatic heterocycles. The van der Waals surface area contributed by atoms with Gasteiger partial charge in [0.05, 0.1) is 29.9 Å². The van der Waals surface area contributed by atoms with E-state index in [2.05, 4.69) is 5.32 Å². The van der Waals surface area contributed by atoms with Gasteiger partial charge < -0.3 is 30.3 Å². The van der Waals surface area contributed by atoms with Crippen LogP contribution in [0.4, 0.5) is 10.1 Å². The van der Waals surface area contributed by atoms with Gasteiger partial charge in [-0.1, -0.05) is 62.4 Å². The second-order valence-corrected chi connectivity index (χ2v) is 11.5. The van der Waals surface area contributed by atoms with E-state index < -0.39 is 24.6 Å². The third-order valence-electron chi connectivity index (χ3n) is 6.93. The van der Waals surface area contributed by atoms with Crippen LogP contribution < -0.4 is 5.32 Å². The molecule has 0 saturated carbocycles. The molecule has 2 atom stereocenters. The molecule has 3 aromatic carbocycles. The molecule has 0 bridgehead atoms. The summed E-state index contributed by atoms with van der Waals surface area (Å²) in [7, 11) is 0. The van der Waals surface area contributed by atoms with Crippen molar-refractivity contribution < 1.29 is 34.4 Å². The number of benzene rings is 3. The minimum absolute atomic E-state index is 0. The summed E-state index contributed by atoms with van der Waals surface area (Å²) in [6, 6.07) is 24.8. The first kappa shape index (κ1) is 39.1. The van der Waals surface area contributed by atoms with Crippen LogP contribution in [0.5, 0.6) is 0 Å². The maximum atomic E-state index is 14.0. The molecule has 1 aromatic heterocycles. The molecule has 240 valence electrons. The molecule has 5 N–H and O–H groups in total. The van der Waals surface area contributed by atoms with E-state index in [0.717, 1.165) is 11.3 Å². The van der Waals surface area contributed by atoms with Crippen molar-refractivity contribution in [2.45, 2.75) is 77.7 Å². The van der Waals surface area contributed by atoms with Gasteiger partial charge in [0.25, 0.3) is 5.91 Å². The Morgan fingerprint density at radius 3 is 1.87 bits per heavy atom. The zero-order chi connectivity index (χ0) is 33.1. The number of aliphatic hydroxyl groups excluding tert-OH is 3. The van der Waals surface area contributed by atoms with Crippen molar-refractivity contribution in [1.29, 1.82) is 0 Å². The normalized spacial score (nSPS) is 12.1. The Labute approximate surface area is 299 Å². The monoisotopic (exact) mass is 658 g/mol. The van der Waals surface area contributed by atoms with E-state index in [0.29, 0.717) is 28.1 Å². The standard InChI is InChI=1S/C33H35FN2O5.C3H8O.Ca/c1-21(2)31-30(33(41)35-25-11-7-4-8-12-25)29(22-9-5-3-6-10-22)32(23-13-15-24(34)16-14-23)36(31)18-17-26(37)19-27(38)20-28(39)40;1-3(2)4;/h3-16,21,26-27,37-38H,17-20H2,1-2H3,(H,35,41)(H,39,40);3-4H,1-2H3;/q;;+2/t26-,27-;;/m1../s1. The van der Waals surface area contributed by atoms with Gasteiger partial charge in [0, 0.05) is 29.6 Å². The van der Waals surface area contributed by atoms with Crippen molar-refractivity contribution in [1.82, 2.24) is 4.57 Å². The number of rotatable bonds is 12. The number of aliphatic hydroxyl groups is 3. The van der Waals surface area contributed by atoms with Crippen LogP contribution in [0.15, 0.2) is 84.9 Å². The minimum atomic E-state index is -1.18. The molecule has 0 spiro atoms. The van der Waals surface area contributed by atoms with E-state index in [1.165, 1.54) is 12.1 Å². The number of carbonyl (C=O) groups is 2. The molecular weight excluding hydrogens is 615 g/mol. The van der Waals surface area contributed by atoms with Gasteiger partial charge in [-0.15, -0.1) is 0 Å². The van der Waals surface area contributed by atoms with Crippen LogP contribution in [-0.2, 0) is 11.3 Å². The van der Waals surface area contributed by atoms with Gasteiger partial charge in [-0.05, 0) is 80.1 Å². The zero-order valence-corrected chi connectivity index (χ0v) is 29.1. The second-order valence-electron chi connectivity index (χ2n) is 11.5. The van der Waals surface area contributed by atoms with Crippen molar-refractivity contribution in [3.63, 3.8) is 0 Å². The Kier molecular flexibility index (Phi) is 16.1. The summed E-state index contributed by atoms with van der Waals surface area (Å²) < 4.78 is 16.0. The molecule has 0 aliphatic rings. The SMILES string of the molecule is CC(C)O.CC(C)c1c(C(=O)Nc2ccccc2)c(-c2ccccc2)c(-c2ccc(F)cc2)n1CC[C@@H](O)C[C@@H](O)CC(=O)O.[Ca+2]. The fourth-order valence-corrected chi connectivity index (χ4v) is 5.20. The number of carboxylic acids is 1. The van der Waals surface area contributed by atoms with Gasteiger partial charge in [0.2, 0.25) is 0 Å². The summed E-state index contributed by atoms with van der Waals surface area (Å²) in [5.74, 6) is -1.93. The number of anilines is 1. The number of hydrogen-bond donors (Lipinski definition) is 5. The van der Waals surface area contributed by atoms with Crippen molar-refractivity contribution in [2.75, 3.05) is 5.32 Å². The maximum absolute atomic E-state index is 14.0. The summed E-state index contributed by atoms with van der Waals surface area (Å²) in [4.78, 5) is 25.0. The summed E-state index contributed by atoms with van der Waals surface area (Å²) in [6.45, 7) is 7.70. The Bertz CT molecular complexity index is 1520. The molecule has 46 heavy (non-hydrogen) atoms. The quantitative estimate of drug-likeness (QED) is 0.113. The van der Waals surface area contributed by atoms with Crippen LogP contribution in [0.2, 0.25) is 0 Å². The Balaban J connectivity index is 0.00000139. The fraction of sp³-hybridized carbons (Fsp3) is 0.333. The van der Waals surface area contributed by atoms with Crippen molar-refractivity contribution in [2.24, 2.45) is 0 Å². The molecule has 10 heteroatoms. The number of para-hydroxylation sites is 1. The first-order valence-electron chi connectivity index (χ1n) is 15.1. The van der Waals surface area contributed by atoms with Crippen molar-refractivity contribution >= 4 is 55.3 Å². The number of hydrogen-bond acceptors (Lipinski definition) is 5. The molecule has 0 fully saturated rings. The molecule has 1 heterocycles. The van der Waals surface area contributed by atoms with Crippen LogP contribution >= 0.6 is 0 Å². The third-order valence-corrected chi connectivity index (χ3v) is 6.93. The van der Waals surface area contributed by atoms with E-state index in [4.69, 9.17) is 10.2 Å². The van der Waals surface area contributed by atoms with Gasteiger partial charge in [-0.25, -0.2) is 4.39 Å². The number of amides is 1. The van der Waals surface area contributed by atoms with E-state index in [1.54, 1.807) is 26.0 Å². The summed E-state index contributed by atoms with van der Waals surface area (Å²) in [5.41, 5.74) is 4.77. The fourth-order valence-electron chi connectivity index (χ4n) is 5.20. The first-order valence-corrected chi connectivity index (χ1v) is 15.1. The summed E-state index contributed by atoms with van der Waals surface area (Å²) >= 11 is 0. The number of nitrogens with one attached hydrogen (secondary N) is 1. The molecular formula is C36H43CaFN2O6+2. The number of aromatic nitrogens is 1. The molecule has 0 aliphatic carbocycles. The maximum Gasteiger partial charge on any atom is 2.00 e. The average molecular weight is 659 g/mol. The van der Waals surface area contributed by atoms with Gasteiger partial charge >= 0.3 is 43.7 Å². The van der Waals surface area contributed by atoms with Crippen LogP contribution in [-0.4, -0.2) is 92.9 Å². The zero-order valence-electron chi connectivity index (χ0n) is 26.9. The second kappa shape index (κ2) is 18.9. The first-order chi connectivity index (χ1) is 21.4. The van der Waals surface area contributed by atoms with Gasteiger partial charge in [-0.3, -0.25) is 9.59 Å². The van der Waals surface area contributed by atoms with Crippen LogP contribution in [0, 0.1) is 5.82 Å². The predicted octanol–water partition coefficient (Wildman–Crippen LogP) is 6.32. The molecule has 4 aromatic rings. The predicted molar refractivity (Wildman–Crippen MR) is 180 cm³/mol. The topological polar surface area (TPSA) is 132 Å². The van der Waals surface area contributed by atoms with E-state index in [9.17, 15) is 24.2 Å². The molecule has 1 amide bonds. The number of carbonyl (C=O) groups excluding carboxylic acids is 1. The summed E-state index contributed by atoms with van der Waals surface area (Å²) in [6.07, 6.45) is -2.67. The number of aliphatic carboxylic acids is 1. The minimum Gasteiger partial charge on any atom is -0.481 e. The molecule has 0 unspecified atom stereocenters.